The van der Waals surface area contributed by atoms with Crippen LogP contribution in [0.4, 0.5) is 0 Å². The summed E-state index contributed by atoms with van der Waals surface area (Å²) in [6.07, 6.45) is -3.50. The van der Waals surface area contributed by atoms with Crippen LogP contribution in [0.3, 0.4) is 0 Å². The molecule has 0 bridgehead atoms. The number of nitrogens with two attached hydrogens (primary N) is 2. The number of hydrogen-bond donors (Lipinski definition) is 22. The van der Waals surface area contributed by atoms with Gasteiger partial charge in [0.15, 0.2) is 0 Å². The number of carbonyl (C=O) groups is 15. The first kappa shape index (κ1) is 80.4. The number of aliphatic hydroxyl groups is 1. The number of aliphatic carboxylic acids is 2. The van der Waals surface area contributed by atoms with Crippen molar-refractivity contribution < 1.29 is 87.2 Å². The maximum absolute atomic E-state index is 14.4. The molecule has 18 N–H and O–H groups in total. The highest BCUT2D eigenvalue weighted by atomic mass is 32.1. The van der Waals surface area contributed by atoms with E-state index in [1.807, 2.05) is 0 Å². The molecular formula is C53H82N14O18S6. The Balaban J connectivity index is 2.31. The number of carboxylic acid groups (broad SMARTS) is 2. The van der Waals surface area contributed by atoms with Crippen LogP contribution < -0.4 is 70.0 Å². The third-order valence-electron chi connectivity index (χ3n) is 13.5. The quantitative estimate of drug-likeness (QED) is 0.0272. The molecule has 38 heteroatoms. The van der Waals surface area contributed by atoms with E-state index in [2.05, 4.69) is 134 Å². The highest BCUT2D eigenvalue weighted by Crippen LogP contribution is 2.21. The molecule has 91 heavy (non-hydrogen) atoms. The smallest absolute Gasteiger partial charge is 0.327 e. The van der Waals surface area contributed by atoms with Crippen molar-refractivity contribution in [1.29, 1.82) is 0 Å². The van der Waals surface area contributed by atoms with Crippen LogP contribution in [0, 0.1) is 5.92 Å². The topological polar surface area (TPSA) is 504 Å². The van der Waals surface area contributed by atoms with Gasteiger partial charge >= 0.3 is 11.9 Å². The third-order valence-corrected chi connectivity index (χ3v) is 15.7. The van der Waals surface area contributed by atoms with E-state index in [4.69, 9.17) is 11.5 Å². The molecule has 0 radical (unpaired) electrons. The molecule has 1 aliphatic heterocycles. The standard InChI is InChI=1S/C53H82N14O18S6/c1-24(2)14-29(59-43(74)28(11-12-40(71)72)58-46(77)32(19-87)62-42(73)27(54)18-86)44(75)63-34(21-89)48(79)65-33(20-88)47(78)61-31(16-38(55)69)52(83)67-13-7-10-37(67)50(81)60-30(15-26-8-5-4-6-9-26)45(76)64-35(22-90)49(80)66-41(25(3)68)51(82)56-17-39(70)57-36(23-91)53(84)85/h4-6,8-9,24-25,27-37,41,68,86-91H,7,10-23,54H2,1-3H3,(H2,55,69)(H,56,82)(H,57,70)(H,58,77)(H,59,74)(H,60,81)(H,61,78)(H,62,73)(H,63,75)(H,64,76)(H,65,79)(H,66,80)(H,71,72)(H,84,85)/t25-,27+,28+,29+,30+,31+,32+,33+,34+,35+,36+,37+,41+/m1/s1. The first-order valence-electron chi connectivity index (χ1n) is 28.3. The van der Waals surface area contributed by atoms with Crippen LogP contribution in [0.25, 0.3) is 0 Å². The summed E-state index contributed by atoms with van der Waals surface area (Å²) in [6, 6.07) is -9.45. The van der Waals surface area contributed by atoms with Gasteiger partial charge in [-0.1, -0.05) is 44.2 Å². The molecule has 1 aromatic carbocycles. The lowest BCUT2D eigenvalue weighted by Gasteiger charge is -2.31. The maximum Gasteiger partial charge on any atom is 0.327 e. The highest BCUT2D eigenvalue weighted by Gasteiger charge is 2.41. The van der Waals surface area contributed by atoms with Crippen LogP contribution >= 0.6 is 75.8 Å². The van der Waals surface area contributed by atoms with Gasteiger partial charge in [-0.2, -0.15) is 75.8 Å². The second-order valence-electron chi connectivity index (χ2n) is 21.2. The minimum atomic E-state index is -1.76. The fraction of sp³-hybridized carbons (Fsp3) is 0.604. The van der Waals surface area contributed by atoms with E-state index in [-0.39, 0.29) is 55.4 Å². The number of carboxylic acids is 2. The second kappa shape index (κ2) is 41.0. The number of amides is 13. The molecule has 0 saturated carbocycles. The van der Waals surface area contributed by atoms with Gasteiger partial charge < -0.3 is 90.2 Å². The van der Waals surface area contributed by atoms with Gasteiger partial charge in [-0.25, -0.2) is 4.79 Å². The summed E-state index contributed by atoms with van der Waals surface area (Å²) in [5.41, 5.74) is 11.8. The maximum atomic E-state index is 14.4. The number of likely N-dealkylation sites (tertiary alicyclic amines) is 1. The average Bonchev–Trinajstić information content (AvgIpc) is 2.05. The molecular weight excluding hydrogens is 1310 g/mol. The van der Waals surface area contributed by atoms with E-state index >= 15 is 0 Å². The molecule has 13 atom stereocenters. The first-order valence-corrected chi connectivity index (χ1v) is 32.1. The van der Waals surface area contributed by atoms with Gasteiger partial charge in [-0.3, -0.25) is 67.1 Å². The van der Waals surface area contributed by atoms with E-state index in [9.17, 15) is 87.2 Å². The molecule has 0 spiro atoms. The molecule has 0 aromatic heterocycles. The predicted octanol–water partition coefficient (Wildman–Crippen LogP) is -6.66. The summed E-state index contributed by atoms with van der Waals surface area (Å²) in [7, 11) is 0. The molecule has 1 heterocycles. The van der Waals surface area contributed by atoms with Crippen molar-refractivity contribution in [3.05, 3.63) is 35.9 Å². The van der Waals surface area contributed by atoms with E-state index in [0.29, 0.717) is 5.56 Å². The van der Waals surface area contributed by atoms with E-state index < -0.39 is 210 Å². The zero-order valence-corrected chi connectivity index (χ0v) is 55.2. The number of rotatable bonds is 40. The second-order valence-corrected chi connectivity index (χ2v) is 23.4. The fourth-order valence-electron chi connectivity index (χ4n) is 8.61. The van der Waals surface area contributed by atoms with Crippen molar-refractivity contribution in [1.82, 2.24) is 63.4 Å². The lowest BCUT2D eigenvalue weighted by Crippen LogP contribution is -2.62. The fourth-order valence-corrected chi connectivity index (χ4v) is 10.1. The molecule has 1 aromatic rings. The lowest BCUT2D eigenvalue weighted by atomic mass is 10.0. The van der Waals surface area contributed by atoms with E-state index in [1.54, 1.807) is 44.2 Å². The van der Waals surface area contributed by atoms with Crippen molar-refractivity contribution in [2.75, 3.05) is 47.6 Å². The van der Waals surface area contributed by atoms with Gasteiger partial charge in [0.2, 0.25) is 76.8 Å². The normalized spacial score (nSPS) is 16.7. The summed E-state index contributed by atoms with van der Waals surface area (Å²) < 4.78 is 0. The van der Waals surface area contributed by atoms with Gasteiger partial charge in [0.25, 0.3) is 0 Å². The van der Waals surface area contributed by atoms with Crippen molar-refractivity contribution >= 4 is 165 Å². The number of aliphatic hydroxyl groups excluding tert-OH is 1. The predicted molar refractivity (Wildman–Crippen MR) is 348 cm³/mol. The van der Waals surface area contributed by atoms with Crippen molar-refractivity contribution in [3.63, 3.8) is 0 Å². The molecule has 0 aliphatic carbocycles. The van der Waals surface area contributed by atoms with Gasteiger partial charge in [0, 0.05) is 53.9 Å². The van der Waals surface area contributed by atoms with Gasteiger partial charge in [0.1, 0.15) is 66.5 Å². The summed E-state index contributed by atoms with van der Waals surface area (Å²) >= 11 is 24.5. The lowest BCUT2D eigenvalue weighted by molar-refractivity contribution is -0.143. The molecule has 1 saturated heterocycles. The minimum absolute atomic E-state index is 0.0105. The Kier molecular flexibility index (Phi) is 36.2. The van der Waals surface area contributed by atoms with Crippen molar-refractivity contribution in [3.8, 4) is 0 Å². The molecule has 13 amide bonds. The summed E-state index contributed by atoms with van der Waals surface area (Å²) in [5, 5.41) is 55.1. The minimum Gasteiger partial charge on any atom is -0.481 e. The van der Waals surface area contributed by atoms with Crippen molar-refractivity contribution in [2.45, 2.75) is 144 Å². The number of carbonyl (C=O) groups excluding carboxylic acids is 13. The summed E-state index contributed by atoms with van der Waals surface area (Å²) in [6.45, 7) is 3.69. The first-order chi connectivity index (χ1) is 42.9. The average molecular weight is 1400 g/mol. The third kappa shape index (κ3) is 27.6. The van der Waals surface area contributed by atoms with Crippen LogP contribution in [0.15, 0.2) is 30.3 Å². The van der Waals surface area contributed by atoms with Crippen LogP contribution in [0.2, 0.25) is 0 Å². The Labute approximate surface area is 557 Å². The Hall–Kier alpha value is -6.71. The summed E-state index contributed by atoms with van der Waals surface area (Å²) in [4.78, 5) is 199. The molecule has 508 valence electrons. The van der Waals surface area contributed by atoms with Gasteiger partial charge in [-0.15, -0.1) is 0 Å². The van der Waals surface area contributed by atoms with Crippen LogP contribution in [0.1, 0.15) is 64.9 Å². The monoisotopic (exact) mass is 1390 g/mol. The van der Waals surface area contributed by atoms with E-state index in [0.717, 1.165) is 11.8 Å². The number of hydrogen-bond acceptors (Lipinski definition) is 23. The molecule has 0 unspecified atom stereocenters. The Morgan fingerprint density at radius 3 is 1.46 bits per heavy atom. The molecule has 32 nitrogen and oxygen atoms in total. The van der Waals surface area contributed by atoms with Crippen LogP contribution in [-0.4, -0.2) is 235 Å². The van der Waals surface area contributed by atoms with Crippen LogP contribution in [-0.2, 0) is 78.3 Å². The number of nitrogens with zero attached hydrogens (tertiary/aromatic N) is 1. The number of primary amides is 1. The number of benzene rings is 1. The zero-order chi connectivity index (χ0) is 68.8. The highest BCUT2D eigenvalue weighted by molar-refractivity contribution is 7.81. The molecule has 1 fully saturated rings. The Bertz CT molecular complexity index is 2740. The zero-order valence-electron chi connectivity index (χ0n) is 49.8. The largest absolute Gasteiger partial charge is 0.481 e. The SMILES string of the molecule is CC(C)C[C@H](NC(=O)[C@H](CCC(=O)O)NC(=O)[C@H](CS)NC(=O)[C@@H](N)CS)C(=O)N[C@@H](CS)C(=O)N[C@@H](CS)C(=O)N[C@@H](CC(N)=O)C(=O)N1CCC[C@H]1C(=O)N[C@@H](Cc1ccccc1)C(=O)N[C@@H](CS)C(=O)N[C@H](C(=O)NCC(=O)N[C@@H](CS)C(=O)O)[C@@H](C)O. The van der Waals surface area contributed by atoms with Gasteiger partial charge in [-0.05, 0) is 44.1 Å². The van der Waals surface area contributed by atoms with Crippen LogP contribution in [0.5, 0.6) is 0 Å². The molecule has 1 aliphatic rings. The Morgan fingerprint density at radius 1 is 0.549 bits per heavy atom. The number of nitrogens with one attached hydrogen (secondary N) is 11. The molecule has 2 rings (SSSR count). The van der Waals surface area contributed by atoms with Crippen molar-refractivity contribution in [2.24, 2.45) is 17.4 Å². The van der Waals surface area contributed by atoms with Gasteiger partial charge in [0.05, 0.1) is 25.1 Å². The summed E-state index contributed by atoms with van der Waals surface area (Å²) in [5.74, 6) is -17.5. The Morgan fingerprint density at radius 2 is 1.00 bits per heavy atom. The van der Waals surface area contributed by atoms with E-state index in [1.165, 1.54) is 0 Å². The number of thiol groups is 6.